The molecule has 0 amide bonds. The van der Waals surface area contributed by atoms with E-state index >= 15 is 0 Å². The first-order chi connectivity index (χ1) is 6.57. The van der Waals surface area contributed by atoms with E-state index in [4.69, 9.17) is 11.6 Å². The third kappa shape index (κ3) is 3.03. The number of hydrogen-bond donors (Lipinski definition) is 1. The van der Waals surface area contributed by atoms with Gasteiger partial charge in [-0.3, -0.25) is 0 Å². The molecule has 1 aliphatic heterocycles. The van der Waals surface area contributed by atoms with Gasteiger partial charge in [0.25, 0.3) is 5.92 Å². The Morgan fingerprint density at radius 3 is 2.67 bits per heavy atom. The van der Waals surface area contributed by atoms with E-state index in [-0.39, 0.29) is 31.4 Å². The highest BCUT2D eigenvalue weighted by Gasteiger charge is 2.39. The van der Waals surface area contributed by atoms with Crippen molar-refractivity contribution in [3.05, 3.63) is 34.9 Å². The van der Waals surface area contributed by atoms with Crippen molar-refractivity contribution < 1.29 is 8.78 Å². The van der Waals surface area contributed by atoms with Crippen molar-refractivity contribution in [1.29, 1.82) is 0 Å². The molecule has 1 atom stereocenters. The molecule has 1 aromatic carbocycles. The molecule has 0 radical (unpaired) electrons. The molecule has 1 aromatic rings. The van der Waals surface area contributed by atoms with Gasteiger partial charge in [0.2, 0.25) is 0 Å². The second-order valence-electron chi connectivity index (χ2n) is 3.55. The van der Waals surface area contributed by atoms with Crippen LogP contribution in [-0.4, -0.2) is 12.5 Å². The summed E-state index contributed by atoms with van der Waals surface area (Å²) in [4.78, 5) is 0. The molecule has 1 heterocycles. The lowest BCUT2D eigenvalue weighted by Gasteiger charge is -2.10. The molecule has 1 nitrogen and oxygen atoms in total. The molecule has 1 aliphatic rings. The lowest BCUT2D eigenvalue weighted by Crippen LogP contribution is -2.19. The van der Waals surface area contributed by atoms with Crippen LogP contribution in [0.2, 0.25) is 5.02 Å². The molecule has 0 bridgehead atoms. The third-order valence-corrected chi connectivity index (χ3v) is 2.60. The van der Waals surface area contributed by atoms with Crippen molar-refractivity contribution in [3.63, 3.8) is 0 Å². The van der Waals surface area contributed by atoms with Crippen molar-refractivity contribution in [2.45, 2.75) is 18.4 Å². The van der Waals surface area contributed by atoms with Gasteiger partial charge >= 0.3 is 0 Å². The highest BCUT2D eigenvalue weighted by atomic mass is 35.5. The summed E-state index contributed by atoms with van der Waals surface area (Å²) < 4.78 is 25.8. The zero-order chi connectivity index (χ0) is 10.2. The number of benzene rings is 1. The van der Waals surface area contributed by atoms with Crippen molar-refractivity contribution in [1.82, 2.24) is 5.32 Å². The van der Waals surface area contributed by atoms with Crippen LogP contribution in [0.5, 0.6) is 0 Å². The predicted molar refractivity (Wildman–Crippen MR) is 59.0 cm³/mol. The number of hydrogen-bond acceptors (Lipinski definition) is 1. The van der Waals surface area contributed by atoms with Gasteiger partial charge in [-0.25, -0.2) is 8.78 Å². The van der Waals surface area contributed by atoms with E-state index in [2.05, 4.69) is 5.32 Å². The fourth-order valence-electron chi connectivity index (χ4n) is 1.67. The molecule has 1 saturated heterocycles. The Labute approximate surface area is 98.2 Å². The first-order valence-corrected chi connectivity index (χ1v) is 4.81. The Morgan fingerprint density at radius 2 is 2.13 bits per heavy atom. The summed E-state index contributed by atoms with van der Waals surface area (Å²) in [5.74, 6) is -2.59. The normalized spacial score (nSPS) is 23.5. The Balaban J connectivity index is 0.00000112. The second-order valence-corrected chi connectivity index (χ2v) is 3.99. The Kier molecular flexibility index (Phi) is 3.93. The second kappa shape index (κ2) is 4.64. The average Bonchev–Trinajstić information content (AvgIpc) is 2.46. The minimum absolute atomic E-state index is 0. The molecule has 0 aliphatic carbocycles. The summed E-state index contributed by atoms with van der Waals surface area (Å²) in [5.41, 5.74) is 0.828. The van der Waals surface area contributed by atoms with Gasteiger partial charge in [0.1, 0.15) is 0 Å². The fraction of sp³-hybridized carbons (Fsp3) is 0.400. The highest BCUT2D eigenvalue weighted by molar-refractivity contribution is 6.30. The van der Waals surface area contributed by atoms with Gasteiger partial charge in [0.15, 0.2) is 0 Å². The molecule has 0 spiro atoms. The van der Waals surface area contributed by atoms with Gasteiger partial charge in [0.05, 0.1) is 6.54 Å². The molecule has 0 aromatic heterocycles. The molecule has 0 saturated carbocycles. The van der Waals surface area contributed by atoms with E-state index in [1.807, 2.05) is 6.07 Å². The lowest BCUT2D eigenvalue weighted by atomic mass is 10.0. The molecule has 15 heavy (non-hydrogen) atoms. The van der Waals surface area contributed by atoms with E-state index in [0.29, 0.717) is 5.02 Å². The zero-order valence-corrected chi connectivity index (χ0v) is 9.42. The summed E-state index contributed by atoms with van der Waals surface area (Å²) in [6, 6.07) is 6.77. The van der Waals surface area contributed by atoms with Crippen molar-refractivity contribution in [2.24, 2.45) is 0 Å². The molecule has 1 fully saturated rings. The summed E-state index contributed by atoms with van der Waals surface area (Å²) in [6.45, 7) is -0.246. The lowest BCUT2D eigenvalue weighted by molar-refractivity contribution is 0.0210. The topological polar surface area (TPSA) is 12.0 Å². The minimum Gasteiger partial charge on any atom is -0.304 e. The van der Waals surface area contributed by atoms with Crippen LogP contribution in [-0.2, 0) is 0 Å². The van der Waals surface area contributed by atoms with Crippen LogP contribution in [0.4, 0.5) is 8.78 Å². The highest BCUT2D eigenvalue weighted by Crippen LogP contribution is 2.34. The fourth-order valence-corrected chi connectivity index (χ4v) is 1.87. The molecular formula is C10H11Cl2F2N. The van der Waals surface area contributed by atoms with Crippen LogP contribution in [0.25, 0.3) is 0 Å². The average molecular weight is 254 g/mol. The molecule has 2 rings (SSSR count). The molecule has 84 valence electrons. The first-order valence-electron chi connectivity index (χ1n) is 4.43. The summed E-state index contributed by atoms with van der Waals surface area (Å²) in [6.07, 6.45) is -0.145. The monoisotopic (exact) mass is 253 g/mol. The zero-order valence-electron chi connectivity index (χ0n) is 7.84. The molecule has 5 heteroatoms. The molecular weight excluding hydrogens is 243 g/mol. The van der Waals surface area contributed by atoms with Crippen molar-refractivity contribution in [3.8, 4) is 0 Å². The van der Waals surface area contributed by atoms with E-state index in [0.717, 1.165) is 5.56 Å². The Morgan fingerprint density at radius 1 is 1.40 bits per heavy atom. The van der Waals surface area contributed by atoms with E-state index in [9.17, 15) is 8.78 Å². The first kappa shape index (κ1) is 12.7. The van der Waals surface area contributed by atoms with Gasteiger partial charge in [-0.1, -0.05) is 23.7 Å². The summed E-state index contributed by atoms with van der Waals surface area (Å²) in [7, 11) is 0. The molecule has 1 N–H and O–H groups in total. The maximum absolute atomic E-state index is 12.9. The van der Waals surface area contributed by atoms with Gasteiger partial charge < -0.3 is 5.32 Å². The maximum atomic E-state index is 12.9. The molecule has 1 unspecified atom stereocenters. The van der Waals surface area contributed by atoms with Gasteiger partial charge in [-0.2, -0.15) is 0 Å². The van der Waals surface area contributed by atoms with E-state index in [1.54, 1.807) is 18.2 Å². The van der Waals surface area contributed by atoms with Gasteiger partial charge in [0, 0.05) is 17.5 Å². The van der Waals surface area contributed by atoms with Crippen LogP contribution in [0, 0.1) is 0 Å². The summed E-state index contributed by atoms with van der Waals surface area (Å²) in [5, 5.41) is 3.36. The van der Waals surface area contributed by atoms with Crippen LogP contribution in [0.15, 0.2) is 24.3 Å². The summed E-state index contributed by atoms with van der Waals surface area (Å²) >= 11 is 5.78. The largest absolute Gasteiger partial charge is 0.304 e. The number of halogens is 4. The van der Waals surface area contributed by atoms with E-state index in [1.165, 1.54) is 0 Å². The predicted octanol–water partition coefficient (Wildman–Crippen LogP) is 3.43. The Hall–Kier alpha value is -0.380. The van der Waals surface area contributed by atoms with Gasteiger partial charge in [-0.15, -0.1) is 12.4 Å². The maximum Gasteiger partial charge on any atom is 0.262 e. The van der Waals surface area contributed by atoms with Crippen LogP contribution < -0.4 is 5.32 Å². The van der Waals surface area contributed by atoms with E-state index < -0.39 is 5.92 Å². The minimum atomic E-state index is -2.59. The van der Waals surface area contributed by atoms with Gasteiger partial charge in [-0.05, 0) is 17.7 Å². The van der Waals surface area contributed by atoms with Crippen molar-refractivity contribution >= 4 is 24.0 Å². The number of alkyl halides is 2. The SMILES string of the molecule is Cl.FC1(F)CNC(c2cccc(Cl)c2)C1. The standard InChI is InChI=1S/C10H10ClF2N.ClH/c11-8-3-1-2-7(4-8)9-5-10(12,13)6-14-9;/h1-4,9,14H,5-6H2;1H. The third-order valence-electron chi connectivity index (χ3n) is 2.36. The van der Waals surface area contributed by atoms with Crippen LogP contribution in [0.1, 0.15) is 18.0 Å². The van der Waals surface area contributed by atoms with Crippen LogP contribution in [0.3, 0.4) is 0 Å². The Bertz CT molecular complexity index is 344. The van der Waals surface area contributed by atoms with Crippen molar-refractivity contribution in [2.75, 3.05) is 6.54 Å². The van der Waals surface area contributed by atoms with Crippen LogP contribution >= 0.6 is 24.0 Å². The number of rotatable bonds is 1. The smallest absolute Gasteiger partial charge is 0.262 e. The quantitative estimate of drug-likeness (QED) is 0.809. The number of nitrogens with one attached hydrogen (secondary N) is 1.